The van der Waals surface area contributed by atoms with E-state index < -0.39 is 6.10 Å². The molecule has 3 N–H and O–H groups in total. The molecule has 0 saturated heterocycles. The lowest BCUT2D eigenvalue weighted by Crippen LogP contribution is -2.34. The molecule has 2 amide bonds. The van der Waals surface area contributed by atoms with Gasteiger partial charge in [-0.15, -0.1) is 0 Å². The van der Waals surface area contributed by atoms with Crippen LogP contribution in [0.15, 0.2) is 24.3 Å². The third kappa shape index (κ3) is 4.18. The number of hydrogen-bond donors (Lipinski definition) is 3. The Kier molecular flexibility index (Phi) is 4.60. The predicted octanol–water partition coefficient (Wildman–Crippen LogP) is 1.20. The Bertz CT molecular complexity index is 336. The normalized spacial score (nSPS) is 11.7. The third-order valence-corrected chi connectivity index (χ3v) is 1.91. The summed E-state index contributed by atoms with van der Waals surface area (Å²) in [5, 5.41) is 14.1. The molecule has 0 aliphatic heterocycles. The second-order valence-corrected chi connectivity index (χ2v) is 3.41. The molecule has 5 heteroatoms. The number of benzene rings is 1. The van der Waals surface area contributed by atoms with Gasteiger partial charge in [-0.3, -0.25) is 0 Å². The number of anilines is 1. The van der Waals surface area contributed by atoms with Gasteiger partial charge in [0.2, 0.25) is 0 Å². The van der Waals surface area contributed by atoms with E-state index in [2.05, 4.69) is 10.6 Å². The Morgan fingerprint density at radius 3 is 2.56 bits per heavy atom. The summed E-state index contributed by atoms with van der Waals surface area (Å²) >= 11 is 0. The average Bonchev–Trinajstić information content (AvgIpc) is 2.27. The van der Waals surface area contributed by atoms with Gasteiger partial charge in [-0.25, -0.2) is 4.79 Å². The second kappa shape index (κ2) is 5.97. The topological polar surface area (TPSA) is 70.6 Å². The molecule has 0 spiro atoms. The summed E-state index contributed by atoms with van der Waals surface area (Å²) in [6.45, 7) is 1.83. The van der Waals surface area contributed by atoms with Crippen LogP contribution in [0.25, 0.3) is 0 Å². The molecule has 5 nitrogen and oxygen atoms in total. The molecule has 1 aromatic rings. The first-order valence-corrected chi connectivity index (χ1v) is 4.99. The van der Waals surface area contributed by atoms with Gasteiger partial charge >= 0.3 is 6.03 Å². The Balaban J connectivity index is 2.43. The van der Waals surface area contributed by atoms with Crippen molar-refractivity contribution in [3.8, 4) is 5.75 Å². The lowest BCUT2D eigenvalue weighted by molar-refractivity contribution is 0.190. The van der Waals surface area contributed by atoms with Crippen molar-refractivity contribution in [1.29, 1.82) is 0 Å². The van der Waals surface area contributed by atoms with Crippen LogP contribution in [0, 0.1) is 0 Å². The molecule has 1 rings (SSSR count). The van der Waals surface area contributed by atoms with Gasteiger partial charge in [0.1, 0.15) is 5.75 Å². The molecule has 0 heterocycles. The summed E-state index contributed by atoms with van der Waals surface area (Å²) in [4.78, 5) is 11.3. The zero-order valence-corrected chi connectivity index (χ0v) is 9.36. The van der Waals surface area contributed by atoms with E-state index >= 15 is 0 Å². The van der Waals surface area contributed by atoms with E-state index in [-0.39, 0.29) is 12.6 Å². The molecule has 0 aliphatic carbocycles. The summed E-state index contributed by atoms with van der Waals surface area (Å²) in [6, 6.07) is 6.64. The maximum absolute atomic E-state index is 11.3. The van der Waals surface area contributed by atoms with Crippen molar-refractivity contribution in [3.05, 3.63) is 24.3 Å². The van der Waals surface area contributed by atoms with Gasteiger partial charge in [-0.2, -0.15) is 0 Å². The number of aliphatic hydroxyl groups excluding tert-OH is 1. The molecule has 0 fully saturated rings. The third-order valence-electron chi connectivity index (χ3n) is 1.91. The molecule has 88 valence electrons. The Labute approximate surface area is 94.4 Å². The van der Waals surface area contributed by atoms with Gasteiger partial charge in [-0.1, -0.05) is 0 Å². The van der Waals surface area contributed by atoms with Crippen LogP contribution in [-0.2, 0) is 0 Å². The van der Waals surface area contributed by atoms with E-state index in [0.717, 1.165) is 5.75 Å². The van der Waals surface area contributed by atoms with Crippen LogP contribution in [0.3, 0.4) is 0 Å². The number of carbonyl (C=O) groups is 1. The summed E-state index contributed by atoms with van der Waals surface area (Å²) in [5.41, 5.74) is 0.670. The van der Waals surface area contributed by atoms with Crippen LogP contribution in [0.2, 0.25) is 0 Å². The van der Waals surface area contributed by atoms with E-state index in [9.17, 15) is 4.79 Å². The van der Waals surface area contributed by atoms with Crippen LogP contribution in [0.4, 0.5) is 10.5 Å². The molecule has 0 saturated carbocycles. The van der Waals surface area contributed by atoms with Gasteiger partial charge in [0, 0.05) is 12.2 Å². The summed E-state index contributed by atoms with van der Waals surface area (Å²) in [7, 11) is 1.58. The highest BCUT2D eigenvalue weighted by molar-refractivity contribution is 5.89. The molecule has 1 atom stereocenters. The maximum atomic E-state index is 11.3. The first-order chi connectivity index (χ1) is 7.61. The van der Waals surface area contributed by atoms with Gasteiger partial charge in [0.25, 0.3) is 0 Å². The minimum atomic E-state index is -0.554. The fourth-order valence-electron chi connectivity index (χ4n) is 1.09. The van der Waals surface area contributed by atoms with E-state index in [1.54, 1.807) is 38.3 Å². The van der Waals surface area contributed by atoms with Gasteiger partial charge in [0.05, 0.1) is 13.2 Å². The molecule has 16 heavy (non-hydrogen) atoms. The number of urea groups is 1. The number of amides is 2. The molecule has 1 aromatic carbocycles. The molecular formula is C11H16N2O3. The lowest BCUT2D eigenvalue weighted by atomic mass is 10.3. The summed E-state index contributed by atoms with van der Waals surface area (Å²) < 4.78 is 4.99. The lowest BCUT2D eigenvalue weighted by Gasteiger charge is -2.09. The molecule has 0 aliphatic rings. The number of hydrogen-bond acceptors (Lipinski definition) is 3. The van der Waals surface area contributed by atoms with Gasteiger partial charge < -0.3 is 20.5 Å². The first-order valence-electron chi connectivity index (χ1n) is 4.99. The maximum Gasteiger partial charge on any atom is 0.319 e. The van der Waals surface area contributed by atoms with E-state index in [1.807, 2.05) is 0 Å². The molecule has 1 unspecified atom stereocenters. The van der Waals surface area contributed by atoms with Gasteiger partial charge in [0.15, 0.2) is 0 Å². The van der Waals surface area contributed by atoms with E-state index in [0.29, 0.717) is 5.69 Å². The number of methoxy groups -OCH3 is 1. The number of carbonyl (C=O) groups excluding carboxylic acids is 1. The molecule has 0 radical (unpaired) electrons. The van der Waals surface area contributed by atoms with Crippen molar-refractivity contribution < 1.29 is 14.6 Å². The number of ether oxygens (including phenoxy) is 1. The highest BCUT2D eigenvalue weighted by Crippen LogP contribution is 2.14. The minimum Gasteiger partial charge on any atom is -0.497 e. The van der Waals surface area contributed by atoms with Crippen molar-refractivity contribution in [1.82, 2.24) is 5.32 Å². The fourth-order valence-corrected chi connectivity index (χ4v) is 1.09. The van der Waals surface area contributed by atoms with Crippen LogP contribution in [0.5, 0.6) is 5.75 Å². The smallest absolute Gasteiger partial charge is 0.319 e. The zero-order chi connectivity index (χ0) is 12.0. The van der Waals surface area contributed by atoms with Crippen LogP contribution < -0.4 is 15.4 Å². The van der Waals surface area contributed by atoms with Crippen molar-refractivity contribution in [3.63, 3.8) is 0 Å². The largest absolute Gasteiger partial charge is 0.497 e. The van der Waals surface area contributed by atoms with Crippen molar-refractivity contribution >= 4 is 11.7 Å². The van der Waals surface area contributed by atoms with Crippen molar-refractivity contribution in [2.75, 3.05) is 19.0 Å². The first kappa shape index (κ1) is 12.3. The molecule has 0 bridgehead atoms. The second-order valence-electron chi connectivity index (χ2n) is 3.41. The average molecular weight is 224 g/mol. The van der Waals surface area contributed by atoms with E-state index in [1.165, 1.54) is 0 Å². The molecular weight excluding hydrogens is 208 g/mol. The highest BCUT2D eigenvalue weighted by Gasteiger charge is 2.02. The highest BCUT2D eigenvalue weighted by atomic mass is 16.5. The quantitative estimate of drug-likeness (QED) is 0.719. The fraction of sp³-hybridized carbons (Fsp3) is 0.364. The van der Waals surface area contributed by atoms with Crippen molar-refractivity contribution in [2.24, 2.45) is 0 Å². The number of aliphatic hydroxyl groups is 1. The summed E-state index contributed by atoms with van der Waals surface area (Å²) in [6.07, 6.45) is -0.554. The van der Waals surface area contributed by atoms with Crippen LogP contribution in [0.1, 0.15) is 6.92 Å². The predicted molar refractivity (Wildman–Crippen MR) is 61.7 cm³/mol. The number of nitrogens with one attached hydrogen (secondary N) is 2. The van der Waals surface area contributed by atoms with Crippen molar-refractivity contribution in [2.45, 2.75) is 13.0 Å². The Hall–Kier alpha value is -1.75. The standard InChI is InChI=1S/C11H16N2O3/c1-8(14)7-12-11(15)13-9-3-5-10(16-2)6-4-9/h3-6,8,14H,7H2,1-2H3,(H2,12,13,15). The van der Waals surface area contributed by atoms with Crippen LogP contribution in [-0.4, -0.2) is 30.9 Å². The SMILES string of the molecule is COc1ccc(NC(=O)NCC(C)O)cc1. The Morgan fingerprint density at radius 2 is 2.06 bits per heavy atom. The number of rotatable bonds is 4. The van der Waals surface area contributed by atoms with E-state index in [4.69, 9.17) is 9.84 Å². The zero-order valence-electron chi connectivity index (χ0n) is 9.36. The van der Waals surface area contributed by atoms with Gasteiger partial charge in [-0.05, 0) is 31.2 Å². The molecule has 0 aromatic heterocycles. The Morgan fingerprint density at radius 1 is 1.44 bits per heavy atom. The monoisotopic (exact) mass is 224 g/mol. The van der Waals surface area contributed by atoms with Crippen LogP contribution >= 0.6 is 0 Å². The summed E-state index contributed by atoms with van der Waals surface area (Å²) in [5.74, 6) is 0.731. The minimum absolute atomic E-state index is 0.224.